The van der Waals surface area contributed by atoms with E-state index in [0.717, 1.165) is 81.2 Å². The Morgan fingerprint density at radius 3 is 2.26 bits per heavy atom. The first-order chi connectivity index (χ1) is 28.0. The van der Waals surface area contributed by atoms with Crippen LogP contribution < -0.4 is 19.7 Å². The smallest absolute Gasteiger partial charge is 0.255 e. The average Bonchev–Trinajstić information content (AvgIpc) is 3.53. The number of carbonyl (C=O) groups is 3. The van der Waals surface area contributed by atoms with E-state index < -0.39 is 6.04 Å². The molecule has 1 saturated carbocycles. The molecule has 3 heterocycles. The molecule has 2 saturated heterocycles. The van der Waals surface area contributed by atoms with Gasteiger partial charge in [0.25, 0.3) is 5.91 Å². The van der Waals surface area contributed by atoms with E-state index in [2.05, 4.69) is 115 Å². The van der Waals surface area contributed by atoms with Crippen LogP contribution in [0.15, 0.2) is 91.0 Å². The monoisotopic (exact) mass is 780 g/mol. The SMILES string of the molecule is CC(C)(C)Oc1ccc2c(c1)CC[C@H](c1ccccc1)[C@@H]2c1ccc(OC2CC(CCN3CCN(c4ccc5c(c4)CN(C4CCC(=O)NC4=O)C5=O)CC3)C2)cc1. The Bertz CT molecular complexity index is 2150. The average molecular weight is 781 g/mol. The molecule has 0 radical (unpaired) electrons. The van der Waals surface area contributed by atoms with Crippen LogP contribution in [0.5, 0.6) is 11.5 Å². The number of ether oxygens (including phenoxy) is 2. The molecule has 3 atom stereocenters. The fourth-order valence-corrected chi connectivity index (χ4v) is 9.99. The van der Waals surface area contributed by atoms with Crippen LogP contribution in [0.1, 0.15) is 109 Å². The summed E-state index contributed by atoms with van der Waals surface area (Å²) in [7, 11) is 0. The van der Waals surface area contributed by atoms with Gasteiger partial charge in [-0.2, -0.15) is 0 Å². The van der Waals surface area contributed by atoms with Gasteiger partial charge in [-0.1, -0.05) is 48.5 Å². The maximum atomic E-state index is 13.1. The van der Waals surface area contributed by atoms with Crippen molar-refractivity contribution in [3.63, 3.8) is 0 Å². The zero-order valence-corrected chi connectivity index (χ0v) is 34.1. The number of piperazine rings is 1. The van der Waals surface area contributed by atoms with Gasteiger partial charge < -0.3 is 19.3 Å². The molecule has 1 N–H and O–H groups in total. The molecule has 0 aromatic heterocycles. The summed E-state index contributed by atoms with van der Waals surface area (Å²) in [6.45, 7) is 11.7. The van der Waals surface area contributed by atoms with Crippen LogP contribution in [0.4, 0.5) is 5.69 Å². The minimum atomic E-state index is -0.586. The molecule has 3 fully saturated rings. The van der Waals surface area contributed by atoms with Crippen molar-refractivity contribution in [2.45, 2.75) is 102 Å². The van der Waals surface area contributed by atoms with E-state index in [9.17, 15) is 14.4 Å². The summed E-state index contributed by atoms with van der Waals surface area (Å²) in [5.41, 5.74) is 8.04. The van der Waals surface area contributed by atoms with E-state index in [0.29, 0.717) is 30.4 Å². The van der Waals surface area contributed by atoms with E-state index in [1.165, 1.54) is 28.7 Å². The second-order valence-corrected chi connectivity index (χ2v) is 18.1. The lowest BCUT2D eigenvalue weighted by Gasteiger charge is -2.39. The Morgan fingerprint density at radius 2 is 1.52 bits per heavy atom. The Labute approximate surface area is 342 Å². The van der Waals surface area contributed by atoms with Crippen molar-refractivity contribution < 1.29 is 23.9 Å². The molecule has 4 aromatic carbocycles. The molecule has 5 aliphatic rings. The highest BCUT2D eigenvalue weighted by Gasteiger charge is 2.40. The van der Waals surface area contributed by atoms with Crippen LogP contribution in [0.25, 0.3) is 0 Å². The summed E-state index contributed by atoms with van der Waals surface area (Å²) in [6, 6.07) is 32.1. The molecule has 3 aliphatic heterocycles. The van der Waals surface area contributed by atoms with Crippen LogP contribution in [0, 0.1) is 5.92 Å². The molecule has 302 valence electrons. The third-order valence-corrected chi connectivity index (χ3v) is 13.1. The van der Waals surface area contributed by atoms with Crippen LogP contribution in [0.3, 0.4) is 0 Å². The zero-order chi connectivity index (χ0) is 40.0. The summed E-state index contributed by atoms with van der Waals surface area (Å²) >= 11 is 0. The number of carbonyl (C=O) groups excluding carboxylic acids is 3. The number of anilines is 1. The van der Waals surface area contributed by atoms with Crippen LogP contribution in [0.2, 0.25) is 0 Å². The number of piperidine rings is 1. The fraction of sp³-hybridized carbons (Fsp3) is 0.449. The predicted molar refractivity (Wildman–Crippen MR) is 226 cm³/mol. The Kier molecular flexibility index (Phi) is 10.5. The highest BCUT2D eigenvalue weighted by atomic mass is 16.5. The minimum absolute atomic E-state index is 0.123. The molecule has 4 aromatic rings. The molecule has 2 aliphatic carbocycles. The molecule has 9 rings (SSSR count). The number of aryl methyl sites for hydroxylation is 1. The number of nitrogens with one attached hydrogen (secondary N) is 1. The number of rotatable bonds is 10. The van der Waals surface area contributed by atoms with E-state index in [1.807, 2.05) is 12.1 Å². The molecule has 0 bridgehead atoms. The van der Waals surface area contributed by atoms with E-state index in [1.54, 1.807) is 4.90 Å². The van der Waals surface area contributed by atoms with Crippen LogP contribution in [-0.4, -0.2) is 78.0 Å². The molecule has 1 unspecified atom stereocenters. The molecule has 0 spiro atoms. The summed E-state index contributed by atoms with van der Waals surface area (Å²) < 4.78 is 12.8. The Hall–Kier alpha value is -5.15. The van der Waals surface area contributed by atoms with Crippen molar-refractivity contribution in [1.29, 1.82) is 0 Å². The van der Waals surface area contributed by atoms with Crippen molar-refractivity contribution in [2.75, 3.05) is 37.6 Å². The lowest BCUT2D eigenvalue weighted by molar-refractivity contribution is -0.136. The quantitative estimate of drug-likeness (QED) is 0.164. The number of nitrogens with zero attached hydrogens (tertiary/aromatic N) is 3. The molecular formula is C49H56N4O5. The number of amides is 3. The molecular weight excluding hydrogens is 725 g/mol. The predicted octanol–water partition coefficient (Wildman–Crippen LogP) is 7.86. The topological polar surface area (TPSA) is 91.4 Å². The second kappa shape index (κ2) is 15.9. The van der Waals surface area contributed by atoms with Gasteiger partial charge in [0.15, 0.2) is 0 Å². The maximum absolute atomic E-state index is 13.1. The zero-order valence-electron chi connectivity index (χ0n) is 34.1. The first kappa shape index (κ1) is 38.4. The van der Waals surface area contributed by atoms with Gasteiger partial charge in [0.1, 0.15) is 23.1 Å². The third kappa shape index (κ3) is 8.11. The first-order valence-corrected chi connectivity index (χ1v) is 21.4. The lowest BCUT2D eigenvalue weighted by atomic mass is 9.69. The normalized spacial score (nSPS) is 24.8. The van der Waals surface area contributed by atoms with Gasteiger partial charge in [-0.15, -0.1) is 0 Å². The van der Waals surface area contributed by atoms with Gasteiger partial charge in [0.2, 0.25) is 11.8 Å². The second-order valence-electron chi connectivity index (χ2n) is 18.1. The summed E-state index contributed by atoms with van der Waals surface area (Å²) in [5.74, 6) is 2.53. The van der Waals surface area contributed by atoms with Gasteiger partial charge in [0, 0.05) is 56.3 Å². The maximum Gasteiger partial charge on any atom is 0.255 e. The molecule has 9 heteroatoms. The highest BCUT2D eigenvalue weighted by molar-refractivity contribution is 6.05. The lowest BCUT2D eigenvalue weighted by Crippen LogP contribution is -2.52. The number of hydrogen-bond donors (Lipinski definition) is 1. The number of imide groups is 1. The summed E-state index contributed by atoms with van der Waals surface area (Å²) in [6.07, 6.45) is 6.48. The summed E-state index contributed by atoms with van der Waals surface area (Å²) in [4.78, 5) is 43.8. The fourth-order valence-electron chi connectivity index (χ4n) is 9.99. The minimum Gasteiger partial charge on any atom is -0.490 e. The van der Waals surface area contributed by atoms with Crippen LogP contribution >= 0.6 is 0 Å². The van der Waals surface area contributed by atoms with Gasteiger partial charge in [-0.3, -0.25) is 24.6 Å². The van der Waals surface area contributed by atoms with Crippen molar-refractivity contribution >= 4 is 23.4 Å². The largest absolute Gasteiger partial charge is 0.490 e. The number of hydrogen-bond acceptors (Lipinski definition) is 7. The summed E-state index contributed by atoms with van der Waals surface area (Å²) in [5, 5.41) is 2.39. The number of fused-ring (bicyclic) bond motifs is 2. The Balaban J connectivity index is 0.750. The molecule has 58 heavy (non-hydrogen) atoms. The highest BCUT2D eigenvalue weighted by Crippen LogP contribution is 2.47. The third-order valence-electron chi connectivity index (χ3n) is 13.1. The van der Waals surface area contributed by atoms with Crippen molar-refractivity contribution in [3.05, 3.63) is 124 Å². The van der Waals surface area contributed by atoms with E-state index in [4.69, 9.17) is 9.47 Å². The standard InChI is InChI=1S/C49H56N4O5/c1-49(2,3)58-39-15-18-42-35(30-39)11-16-41(33-7-5-4-6-8-33)46(42)34-9-13-38(14-10-34)57-40-27-32(28-40)21-22-51-23-25-52(26-24-51)37-12-17-43-36(29-37)31-53(48(43)56)44-19-20-45(54)50-47(44)55/h4-10,12-15,17-18,29-30,32,40-41,44,46H,11,16,19-28,31H2,1-3H3,(H,50,54,55)/t32?,40?,41-,44?,46+/m1/s1. The van der Waals surface area contributed by atoms with E-state index in [-0.39, 0.29) is 41.8 Å². The van der Waals surface area contributed by atoms with Gasteiger partial charge >= 0.3 is 0 Å². The van der Waals surface area contributed by atoms with E-state index >= 15 is 0 Å². The van der Waals surface area contributed by atoms with Gasteiger partial charge in [-0.25, -0.2) is 0 Å². The Morgan fingerprint density at radius 1 is 0.759 bits per heavy atom. The van der Waals surface area contributed by atoms with Crippen molar-refractivity contribution in [2.24, 2.45) is 5.92 Å². The molecule has 9 nitrogen and oxygen atoms in total. The first-order valence-electron chi connectivity index (χ1n) is 21.4. The van der Waals surface area contributed by atoms with Crippen molar-refractivity contribution in [1.82, 2.24) is 15.1 Å². The van der Waals surface area contributed by atoms with Gasteiger partial charge in [0.05, 0.1) is 6.10 Å². The molecule has 3 amide bonds. The number of benzene rings is 4. The van der Waals surface area contributed by atoms with Crippen LogP contribution in [-0.2, 0) is 22.6 Å². The van der Waals surface area contributed by atoms with Crippen molar-refractivity contribution in [3.8, 4) is 11.5 Å². The van der Waals surface area contributed by atoms with Gasteiger partial charge in [-0.05, 0) is 148 Å².